The summed E-state index contributed by atoms with van der Waals surface area (Å²) >= 11 is 0. The van der Waals surface area contributed by atoms with Gasteiger partial charge in [0.25, 0.3) is 0 Å². The maximum absolute atomic E-state index is 5.80. The van der Waals surface area contributed by atoms with Crippen LogP contribution >= 0.6 is 0 Å². The quantitative estimate of drug-likeness (QED) is 0.792. The summed E-state index contributed by atoms with van der Waals surface area (Å²) in [6, 6.07) is 1.89. The molecule has 0 radical (unpaired) electrons. The third-order valence-electron chi connectivity index (χ3n) is 2.48. The van der Waals surface area contributed by atoms with E-state index in [9.17, 15) is 0 Å². The number of hydrogen-bond acceptors (Lipinski definition) is 4. The molecule has 1 aliphatic rings. The molecule has 82 valence electrons. The van der Waals surface area contributed by atoms with Gasteiger partial charge in [0.1, 0.15) is 11.9 Å². The lowest BCUT2D eigenvalue weighted by Crippen LogP contribution is -2.37. The Balaban J connectivity index is 2.02. The summed E-state index contributed by atoms with van der Waals surface area (Å²) in [6.45, 7) is 5.86. The fourth-order valence-electron chi connectivity index (χ4n) is 1.83. The Hall–Kier alpha value is -1.16. The van der Waals surface area contributed by atoms with Crippen molar-refractivity contribution in [1.29, 1.82) is 0 Å². The average molecular weight is 207 g/mol. The van der Waals surface area contributed by atoms with Gasteiger partial charge in [0.2, 0.25) is 5.88 Å². The Labute approximate surface area is 90.1 Å². The van der Waals surface area contributed by atoms with Crippen LogP contribution in [0.4, 0.5) is 0 Å². The van der Waals surface area contributed by atoms with Gasteiger partial charge in [-0.1, -0.05) is 0 Å². The molecule has 1 atom stereocenters. The molecule has 2 rings (SSSR count). The van der Waals surface area contributed by atoms with Crippen LogP contribution in [0.3, 0.4) is 0 Å². The van der Waals surface area contributed by atoms with Crippen LogP contribution in [0.15, 0.2) is 6.07 Å². The van der Waals surface area contributed by atoms with E-state index in [1.165, 1.54) is 6.42 Å². The number of aromatic nitrogens is 2. The highest BCUT2D eigenvalue weighted by atomic mass is 16.5. The fourth-order valence-corrected chi connectivity index (χ4v) is 1.83. The minimum absolute atomic E-state index is 0.257. The highest BCUT2D eigenvalue weighted by Gasteiger charge is 2.15. The second kappa shape index (κ2) is 4.57. The summed E-state index contributed by atoms with van der Waals surface area (Å²) < 4.78 is 5.80. The van der Waals surface area contributed by atoms with Crippen LogP contribution in [0.2, 0.25) is 0 Å². The van der Waals surface area contributed by atoms with E-state index < -0.39 is 0 Å². The minimum atomic E-state index is 0.257. The maximum atomic E-state index is 5.80. The van der Waals surface area contributed by atoms with Gasteiger partial charge < -0.3 is 10.1 Å². The van der Waals surface area contributed by atoms with Gasteiger partial charge >= 0.3 is 0 Å². The van der Waals surface area contributed by atoms with E-state index in [1.807, 2.05) is 19.9 Å². The molecule has 4 nitrogen and oxygen atoms in total. The lowest BCUT2D eigenvalue weighted by Gasteiger charge is -2.23. The molecular weight excluding hydrogens is 190 g/mol. The summed E-state index contributed by atoms with van der Waals surface area (Å²) in [5.74, 6) is 1.47. The number of hydrogen-bond donors (Lipinski definition) is 1. The smallest absolute Gasteiger partial charge is 0.217 e. The van der Waals surface area contributed by atoms with Gasteiger partial charge in [-0.05, 0) is 33.2 Å². The molecule has 0 bridgehead atoms. The van der Waals surface area contributed by atoms with Crippen molar-refractivity contribution in [2.45, 2.75) is 32.8 Å². The summed E-state index contributed by atoms with van der Waals surface area (Å²) in [5, 5.41) is 3.32. The first-order chi connectivity index (χ1) is 7.24. The van der Waals surface area contributed by atoms with Crippen LogP contribution in [0.1, 0.15) is 24.4 Å². The molecule has 1 unspecified atom stereocenters. The van der Waals surface area contributed by atoms with Crippen molar-refractivity contribution in [2.75, 3.05) is 13.1 Å². The lowest BCUT2D eigenvalue weighted by atomic mass is 10.1. The molecule has 0 aromatic carbocycles. The zero-order valence-electron chi connectivity index (χ0n) is 9.29. The van der Waals surface area contributed by atoms with Gasteiger partial charge in [0, 0.05) is 18.3 Å². The predicted molar refractivity (Wildman–Crippen MR) is 58.0 cm³/mol. The van der Waals surface area contributed by atoms with Crippen LogP contribution in [0.5, 0.6) is 5.88 Å². The highest BCUT2D eigenvalue weighted by Crippen LogP contribution is 2.14. The highest BCUT2D eigenvalue weighted by molar-refractivity contribution is 5.15. The Morgan fingerprint density at radius 2 is 2.27 bits per heavy atom. The predicted octanol–water partition coefficient (Wildman–Crippen LogP) is 1.22. The van der Waals surface area contributed by atoms with Gasteiger partial charge in [-0.15, -0.1) is 0 Å². The van der Waals surface area contributed by atoms with Gasteiger partial charge in [0.15, 0.2) is 0 Å². The van der Waals surface area contributed by atoms with E-state index in [-0.39, 0.29) is 6.10 Å². The van der Waals surface area contributed by atoms with E-state index in [0.29, 0.717) is 5.88 Å². The molecule has 0 aliphatic carbocycles. The van der Waals surface area contributed by atoms with E-state index in [2.05, 4.69) is 15.3 Å². The van der Waals surface area contributed by atoms with Gasteiger partial charge in [-0.25, -0.2) is 4.98 Å². The molecule has 0 saturated carbocycles. The lowest BCUT2D eigenvalue weighted by molar-refractivity contribution is 0.160. The van der Waals surface area contributed by atoms with E-state index >= 15 is 0 Å². The van der Waals surface area contributed by atoms with Crippen molar-refractivity contribution >= 4 is 0 Å². The molecule has 1 N–H and O–H groups in total. The number of piperidine rings is 1. The molecule has 0 amide bonds. The summed E-state index contributed by atoms with van der Waals surface area (Å²) in [6.07, 6.45) is 2.54. The Kier molecular flexibility index (Phi) is 3.16. The van der Waals surface area contributed by atoms with Crippen molar-refractivity contribution in [1.82, 2.24) is 15.3 Å². The van der Waals surface area contributed by atoms with E-state index in [1.54, 1.807) is 0 Å². The summed E-state index contributed by atoms with van der Waals surface area (Å²) in [4.78, 5) is 8.49. The zero-order valence-corrected chi connectivity index (χ0v) is 9.29. The number of nitrogens with zero attached hydrogens (tertiary/aromatic N) is 2. The Morgan fingerprint density at radius 1 is 1.40 bits per heavy atom. The van der Waals surface area contributed by atoms with Crippen molar-refractivity contribution < 1.29 is 4.74 Å². The maximum Gasteiger partial charge on any atom is 0.217 e. The van der Waals surface area contributed by atoms with E-state index in [4.69, 9.17) is 4.74 Å². The second-order valence-electron chi connectivity index (χ2n) is 3.98. The van der Waals surface area contributed by atoms with Crippen molar-refractivity contribution in [3.05, 3.63) is 17.6 Å². The Bertz CT molecular complexity index is 314. The molecule has 15 heavy (non-hydrogen) atoms. The van der Waals surface area contributed by atoms with Crippen molar-refractivity contribution in [3.63, 3.8) is 0 Å². The van der Waals surface area contributed by atoms with Crippen LogP contribution < -0.4 is 10.1 Å². The van der Waals surface area contributed by atoms with Crippen LogP contribution in [-0.2, 0) is 0 Å². The topological polar surface area (TPSA) is 47.0 Å². The molecule has 2 heterocycles. The first kappa shape index (κ1) is 10.4. The first-order valence-electron chi connectivity index (χ1n) is 5.44. The van der Waals surface area contributed by atoms with Crippen LogP contribution in [-0.4, -0.2) is 29.2 Å². The number of aryl methyl sites for hydroxylation is 2. The molecular formula is C11H17N3O. The SMILES string of the molecule is Cc1cc(OC2CCCNC2)nc(C)n1. The molecule has 1 fully saturated rings. The molecule has 4 heteroatoms. The number of rotatable bonds is 2. The van der Waals surface area contributed by atoms with Crippen molar-refractivity contribution in [2.24, 2.45) is 0 Å². The number of ether oxygens (including phenoxy) is 1. The Morgan fingerprint density at radius 3 is 2.93 bits per heavy atom. The largest absolute Gasteiger partial charge is 0.473 e. The molecule has 1 saturated heterocycles. The molecule has 1 aromatic heterocycles. The first-order valence-corrected chi connectivity index (χ1v) is 5.44. The fraction of sp³-hybridized carbons (Fsp3) is 0.636. The third-order valence-corrected chi connectivity index (χ3v) is 2.48. The van der Waals surface area contributed by atoms with E-state index in [0.717, 1.165) is 31.0 Å². The van der Waals surface area contributed by atoms with Crippen LogP contribution in [0, 0.1) is 13.8 Å². The van der Waals surface area contributed by atoms with Gasteiger partial charge in [-0.3, -0.25) is 0 Å². The van der Waals surface area contributed by atoms with Gasteiger partial charge in [-0.2, -0.15) is 4.98 Å². The van der Waals surface area contributed by atoms with Crippen molar-refractivity contribution in [3.8, 4) is 5.88 Å². The molecule has 1 aromatic rings. The second-order valence-corrected chi connectivity index (χ2v) is 3.98. The average Bonchev–Trinajstić information content (AvgIpc) is 2.17. The molecule has 0 spiro atoms. The normalized spacial score (nSPS) is 21.3. The van der Waals surface area contributed by atoms with Crippen LogP contribution in [0.25, 0.3) is 0 Å². The number of nitrogens with one attached hydrogen (secondary N) is 1. The summed E-state index contributed by atoms with van der Waals surface area (Å²) in [7, 11) is 0. The standard InChI is InChI=1S/C11H17N3O/c1-8-6-11(14-9(2)13-8)15-10-4-3-5-12-7-10/h6,10,12H,3-5,7H2,1-2H3. The minimum Gasteiger partial charge on any atom is -0.473 e. The summed E-state index contributed by atoms with van der Waals surface area (Å²) in [5.41, 5.74) is 0.960. The monoisotopic (exact) mass is 207 g/mol. The van der Waals surface area contributed by atoms with Gasteiger partial charge in [0.05, 0.1) is 0 Å². The zero-order chi connectivity index (χ0) is 10.7. The molecule has 1 aliphatic heterocycles. The third kappa shape index (κ3) is 2.89.